The Morgan fingerprint density at radius 2 is 1.86 bits per heavy atom. The first-order valence-electron chi connectivity index (χ1n) is 8.65. The molecule has 2 unspecified atom stereocenters. The summed E-state index contributed by atoms with van der Waals surface area (Å²) in [5.41, 5.74) is 6.10. The molecule has 4 nitrogen and oxygen atoms in total. The third-order valence-corrected chi connectivity index (χ3v) is 5.16. The van der Waals surface area contributed by atoms with E-state index in [9.17, 15) is 0 Å². The van der Waals surface area contributed by atoms with Gasteiger partial charge in [0.1, 0.15) is 0 Å². The number of nitrogens with two attached hydrogens (primary N) is 1. The number of piperidine rings is 1. The van der Waals surface area contributed by atoms with Crippen LogP contribution in [0.25, 0.3) is 0 Å². The van der Waals surface area contributed by atoms with E-state index in [-0.39, 0.29) is 5.54 Å². The van der Waals surface area contributed by atoms with Gasteiger partial charge in [-0.3, -0.25) is 9.89 Å². The normalized spacial score (nSPS) is 29.2. The number of hydrogen-bond donors (Lipinski definition) is 2. The van der Waals surface area contributed by atoms with E-state index in [0.717, 1.165) is 30.8 Å². The fourth-order valence-corrected chi connectivity index (χ4v) is 3.54. The summed E-state index contributed by atoms with van der Waals surface area (Å²) < 4.78 is 0. The molecule has 0 aromatic carbocycles. The molecule has 0 aromatic heterocycles. The zero-order chi connectivity index (χ0) is 15.5. The van der Waals surface area contributed by atoms with E-state index < -0.39 is 0 Å². The third-order valence-electron chi connectivity index (χ3n) is 5.16. The van der Waals surface area contributed by atoms with Gasteiger partial charge in [-0.15, -0.1) is 0 Å². The Kier molecular flexibility index (Phi) is 5.53. The fourth-order valence-electron chi connectivity index (χ4n) is 3.54. The number of nitrogens with zero attached hydrogens (tertiary/aromatic N) is 2. The second-order valence-corrected chi connectivity index (χ2v) is 8.04. The summed E-state index contributed by atoms with van der Waals surface area (Å²) in [5, 5.41) is 3.29. The number of likely N-dealkylation sites (tertiary alicyclic amines) is 1. The second-order valence-electron chi connectivity index (χ2n) is 8.04. The minimum absolute atomic E-state index is 0.0890. The minimum Gasteiger partial charge on any atom is -0.370 e. The zero-order valence-corrected chi connectivity index (χ0v) is 14.4. The van der Waals surface area contributed by atoms with Crippen LogP contribution in [0.5, 0.6) is 0 Å². The van der Waals surface area contributed by atoms with Crippen molar-refractivity contribution in [2.75, 3.05) is 26.2 Å². The SMILES string of the molecule is CC1CC(C)CN(C(C)(C)CN=C(N)NCC2CCC2)C1. The molecule has 0 amide bonds. The van der Waals surface area contributed by atoms with Gasteiger partial charge in [-0.05, 0) is 50.9 Å². The number of guanidine groups is 1. The Morgan fingerprint density at radius 3 is 2.38 bits per heavy atom. The highest BCUT2D eigenvalue weighted by atomic mass is 15.2. The Balaban J connectivity index is 1.81. The van der Waals surface area contributed by atoms with Crippen molar-refractivity contribution in [3.8, 4) is 0 Å². The van der Waals surface area contributed by atoms with Crippen molar-refractivity contribution in [2.24, 2.45) is 28.5 Å². The summed E-state index contributed by atoms with van der Waals surface area (Å²) in [6.07, 6.45) is 5.41. The maximum Gasteiger partial charge on any atom is 0.188 e. The van der Waals surface area contributed by atoms with Gasteiger partial charge in [0.05, 0.1) is 6.54 Å². The van der Waals surface area contributed by atoms with Gasteiger partial charge in [0.15, 0.2) is 5.96 Å². The molecule has 21 heavy (non-hydrogen) atoms. The molecular formula is C17H34N4. The average Bonchev–Trinajstić information content (AvgIpc) is 2.33. The monoisotopic (exact) mass is 294 g/mol. The van der Waals surface area contributed by atoms with Crippen molar-refractivity contribution in [3.63, 3.8) is 0 Å². The average molecular weight is 294 g/mol. The highest BCUT2D eigenvalue weighted by Gasteiger charge is 2.32. The largest absolute Gasteiger partial charge is 0.370 e. The molecule has 0 bridgehead atoms. The van der Waals surface area contributed by atoms with Crippen LogP contribution < -0.4 is 11.1 Å². The van der Waals surface area contributed by atoms with Crippen LogP contribution in [0.2, 0.25) is 0 Å². The molecule has 3 N–H and O–H groups in total. The molecule has 1 saturated heterocycles. The van der Waals surface area contributed by atoms with E-state index in [4.69, 9.17) is 5.73 Å². The van der Waals surface area contributed by atoms with Gasteiger partial charge >= 0.3 is 0 Å². The van der Waals surface area contributed by atoms with Gasteiger partial charge in [-0.1, -0.05) is 20.3 Å². The first-order valence-corrected chi connectivity index (χ1v) is 8.65. The van der Waals surface area contributed by atoms with Gasteiger partial charge in [0, 0.05) is 25.2 Å². The maximum atomic E-state index is 6.01. The van der Waals surface area contributed by atoms with Crippen LogP contribution in [-0.4, -0.2) is 42.6 Å². The summed E-state index contributed by atoms with van der Waals surface area (Å²) in [6, 6.07) is 0. The van der Waals surface area contributed by atoms with Crippen molar-refractivity contribution >= 4 is 5.96 Å². The molecule has 4 heteroatoms. The molecule has 2 rings (SSSR count). The first-order chi connectivity index (χ1) is 9.87. The zero-order valence-electron chi connectivity index (χ0n) is 14.4. The Morgan fingerprint density at radius 1 is 1.24 bits per heavy atom. The van der Waals surface area contributed by atoms with Crippen LogP contribution in [-0.2, 0) is 0 Å². The molecule has 1 aliphatic heterocycles. The summed E-state index contributed by atoms with van der Waals surface area (Å²) >= 11 is 0. The molecule has 0 radical (unpaired) electrons. The molecule has 1 saturated carbocycles. The van der Waals surface area contributed by atoms with E-state index in [1.165, 1.54) is 38.8 Å². The van der Waals surface area contributed by atoms with Crippen LogP contribution in [0.4, 0.5) is 0 Å². The van der Waals surface area contributed by atoms with Crippen molar-refractivity contribution < 1.29 is 0 Å². The first kappa shape index (κ1) is 16.6. The lowest BCUT2D eigenvalue weighted by Gasteiger charge is -2.44. The molecule has 122 valence electrons. The van der Waals surface area contributed by atoms with Crippen LogP contribution in [0.15, 0.2) is 4.99 Å². The standard InChI is InChI=1S/C17H34N4/c1-13-8-14(2)11-21(10-13)17(3,4)12-20-16(18)19-9-15-6-5-7-15/h13-15H,5-12H2,1-4H3,(H3,18,19,20). The molecule has 1 aliphatic carbocycles. The fraction of sp³-hybridized carbons (Fsp3) is 0.941. The van der Waals surface area contributed by atoms with E-state index in [0.29, 0.717) is 5.96 Å². The number of rotatable bonds is 5. The third kappa shape index (κ3) is 4.87. The van der Waals surface area contributed by atoms with Crippen molar-refractivity contribution in [1.82, 2.24) is 10.2 Å². The smallest absolute Gasteiger partial charge is 0.188 e. The number of hydrogen-bond acceptors (Lipinski definition) is 2. The Labute approximate surface area is 130 Å². The number of nitrogens with one attached hydrogen (secondary N) is 1. The second kappa shape index (κ2) is 6.99. The minimum atomic E-state index is 0.0890. The van der Waals surface area contributed by atoms with Gasteiger partial charge in [-0.2, -0.15) is 0 Å². The van der Waals surface area contributed by atoms with Crippen LogP contribution in [0.1, 0.15) is 53.4 Å². The molecule has 2 atom stereocenters. The van der Waals surface area contributed by atoms with Crippen LogP contribution in [0.3, 0.4) is 0 Å². The predicted octanol–water partition coefficient (Wildman–Crippen LogP) is 2.45. The lowest BCUT2D eigenvalue weighted by Crippen LogP contribution is -2.53. The summed E-state index contributed by atoms with van der Waals surface area (Å²) in [7, 11) is 0. The molecule has 2 fully saturated rings. The van der Waals surface area contributed by atoms with Crippen molar-refractivity contribution in [3.05, 3.63) is 0 Å². The summed E-state index contributed by atoms with van der Waals surface area (Å²) in [4.78, 5) is 7.18. The van der Waals surface area contributed by atoms with Crippen molar-refractivity contribution in [1.29, 1.82) is 0 Å². The van der Waals surface area contributed by atoms with Crippen LogP contribution >= 0.6 is 0 Å². The Hall–Kier alpha value is -0.770. The van der Waals surface area contributed by atoms with Gasteiger partial charge in [0.2, 0.25) is 0 Å². The van der Waals surface area contributed by atoms with Crippen LogP contribution in [0, 0.1) is 17.8 Å². The maximum absolute atomic E-state index is 6.01. The molecule has 2 aliphatic rings. The molecule has 0 spiro atoms. The van der Waals surface area contributed by atoms with E-state index in [1.54, 1.807) is 0 Å². The topological polar surface area (TPSA) is 53.6 Å². The van der Waals surface area contributed by atoms with Gasteiger partial charge < -0.3 is 11.1 Å². The van der Waals surface area contributed by atoms with Gasteiger partial charge in [-0.25, -0.2) is 0 Å². The Bertz CT molecular complexity index is 350. The summed E-state index contributed by atoms with van der Waals surface area (Å²) in [6.45, 7) is 13.4. The highest BCUT2D eigenvalue weighted by molar-refractivity contribution is 5.77. The molecule has 0 aromatic rings. The summed E-state index contributed by atoms with van der Waals surface area (Å²) in [5.74, 6) is 3.00. The predicted molar refractivity (Wildman–Crippen MR) is 90.4 cm³/mol. The van der Waals surface area contributed by atoms with Crippen molar-refractivity contribution in [2.45, 2.75) is 58.9 Å². The lowest BCUT2D eigenvalue weighted by molar-refractivity contribution is 0.0513. The molecular weight excluding hydrogens is 260 g/mol. The molecule has 1 heterocycles. The van der Waals surface area contributed by atoms with E-state index >= 15 is 0 Å². The highest BCUT2D eigenvalue weighted by Crippen LogP contribution is 2.27. The number of aliphatic imine (C=N–C) groups is 1. The van der Waals surface area contributed by atoms with Gasteiger partial charge in [0.25, 0.3) is 0 Å². The van der Waals surface area contributed by atoms with E-state index in [1.807, 2.05) is 0 Å². The quantitative estimate of drug-likeness (QED) is 0.605. The lowest BCUT2D eigenvalue weighted by atomic mass is 9.85. The van der Waals surface area contributed by atoms with E-state index in [2.05, 4.69) is 42.9 Å².